The van der Waals surface area contributed by atoms with E-state index >= 15 is 0 Å². The van der Waals surface area contributed by atoms with Gasteiger partial charge in [-0.15, -0.1) is 0 Å². The van der Waals surface area contributed by atoms with Crippen molar-refractivity contribution in [1.82, 2.24) is 0 Å². The topological polar surface area (TPSA) is 29.5 Å². The first-order valence-electron chi connectivity index (χ1n) is 5.48. The minimum atomic E-state index is -0.851. The SMILES string of the molecule is C[C@@H](O)c1cccc(F)c1Oc1ccc(F)cc1. The van der Waals surface area contributed by atoms with Crippen LogP contribution in [0.4, 0.5) is 8.78 Å². The molecule has 1 N–H and O–H groups in total. The minimum Gasteiger partial charge on any atom is -0.454 e. The van der Waals surface area contributed by atoms with Crippen molar-refractivity contribution < 1.29 is 18.6 Å². The average Bonchev–Trinajstić information content (AvgIpc) is 2.34. The number of benzene rings is 2. The molecule has 0 heterocycles. The second-order valence-electron chi connectivity index (χ2n) is 3.89. The predicted molar refractivity (Wildman–Crippen MR) is 63.5 cm³/mol. The van der Waals surface area contributed by atoms with Gasteiger partial charge >= 0.3 is 0 Å². The molecule has 0 unspecified atom stereocenters. The third-order valence-corrected chi connectivity index (χ3v) is 2.48. The molecule has 94 valence electrons. The molecule has 1 atom stereocenters. The second kappa shape index (κ2) is 5.14. The van der Waals surface area contributed by atoms with Crippen LogP contribution >= 0.6 is 0 Å². The molecule has 0 aliphatic rings. The van der Waals surface area contributed by atoms with E-state index in [0.717, 1.165) is 0 Å². The summed E-state index contributed by atoms with van der Waals surface area (Å²) >= 11 is 0. The molecule has 0 bridgehead atoms. The second-order valence-corrected chi connectivity index (χ2v) is 3.89. The molecule has 0 aromatic heterocycles. The molecule has 4 heteroatoms. The van der Waals surface area contributed by atoms with Crippen LogP contribution in [0.3, 0.4) is 0 Å². The smallest absolute Gasteiger partial charge is 0.168 e. The minimum absolute atomic E-state index is 0.0425. The molecule has 2 nitrogen and oxygen atoms in total. The predicted octanol–water partition coefficient (Wildman–Crippen LogP) is 3.81. The zero-order chi connectivity index (χ0) is 13.1. The first kappa shape index (κ1) is 12.5. The van der Waals surface area contributed by atoms with Crippen molar-refractivity contribution in [3.05, 3.63) is 59.7 Å². The standard InChI is InChI=1S/C14H12F2O2/c1-9(17)12-3-2-4-13(16)14(12)18-11-7-5-10(15)6-8-11/h2-9,17H,1H3/t9-/m1/s1. The Balaban J connectivity index is 2.36. The van der Waals surface area contributed by atoms with Crippen molar-refractivity contribution in [3.8, 4) is 11.5 Å². The van der Waals surface area contributed by atoms with Crippen LogP contribution < -0.4 is 4.74 Å². The average molecular weight is 250 g/mol. The number of hydrogen-bond acceptors (Lipinski definition) is 2. The molecule has 2 aromatic carbocycles. The van der Waals surface area contributed by atoms with Gasteiger partial charge < -0.3 is 9.84 Å². The van der Waals surface area contributed by atoms with Crippen LogP contribution in [0.15, 0.2) is 42.5 Å². The number of aliphatic hydroxyl groups excluding tert-OH is 1. The summed E-state index contributed by atoms with van der Waals surface area (Å²) in [6.07, 6.45) is -0.851. The van der Waals surface area contributed by atoms with Gasteiger partial charge in [-0.2, -0.15) is 0 Å². The Hall–Kier alpha value is -1.94. The molecular formula is C14H12F2O2. The van der Waals surface area contributed by atoms with Gasteiger partial charge in [0.15, 0.2) is 11.6 Å². The van der Waals surface area contributed by atoms with E-state index in [1.165, 1.54) is 43.3 Å². The quantitative estimate of drug-likeness (QED) is 0.897. The monoisotopic (exact) mass is 250 g/mol. The maximum atomic E-state index is 13.7. The largest absolute Gasteiger partial charge is 0.454 e. The highest BCUT2D eigenvalue weighted by Crippen LogP contribution is 2.32. The summed E-state index contributed by atoms with van der Waals surface area (Å²) in [7, 11) is 0. The van der Waals surface area contributed by atoms with Gasteiger partial charge in [0.2, 0.25) is 0 Å². The zero-order valence-corrected chi connectivity index (χ0v) is 9.73. The van der Waals surface area contributed by atoms with Crippen molar-refractivity contribution in [2.75, 3.05) is 0 Å². The fourth-order valence-electron chi connectivity index (χ4n) is 1.58. The van der Waals surface area contributed by atoms with Crippen LogP contribution in [0.5, 0.6) is 11.5 Å². The molecule has 0 saturated carbocycles. The van der Waals surface area contributed by atoms with Gasteiger partial charge in [0.05, 0.1) is 6.10 Å². The maximum absolute atomic E-state index is 13.7. The van der Waals surface area contributed by atoms with Gasteiger partial charge in [-0.05, 0) is 37.3 Å². The van der Waals surface area contributed by atoms with Crippen LogP contribution in [-0.2, 0) is 0 Å². The van der Waals surface area contributed by atoms with Gasteiger partial charge in [-0.3, -0.25) is 0 Å². The van der Waals surface area contributed by atoms with Crippen molar-refractivity contribution in [2.24, 2.45) is 0 Å². The van der Waals surface area contributed by atoms with Crippen molar-refractivity contribution in [1.29, 1.82) is 0 Å². The van der Waals surface area contributed by atoms with E-state index in [4.69, 9.17) is 4.74 Å². The number of rotatable bonds is 3. The molecule has 2 rings (SSSR count). The number of aliphatic hydroxyl groups is 1. The van der Waals surface area contributed by atoms with Gasteiger partial charge in [0, 0.05) is 5.56 Å². The van der Waals surface area contributed by atoms with E-state index in [9.17, 15) is 13.9 Å². The fraction of sp³-hybridized carbons (Fsp3) is 0.143. The van der Waals surface area contributed by atoms with E-state index < -0.39 is 17.7 Å². The molecule has 0 fully saturated rings. The molecule has 0 amide bonds. The van der Waals surface area contributed by atoms with Crippen LogP contribution in [0.25, 0.3) is 0 Å². The Morgan fingerprint density at radius 1 is 1.06 bits per heavy atom. The molecule has 0 spiro atoms. The molecule has 0 saturated heterocycles. The molecule has 0 aliphatic carbocycles. The highest BCUT2D eigenvalue weighted by Gasteiger charge is 2.14. The van der Waals surface area contributed by atoms with Gasteiger partial charge in [0.25, 0.3) is 0 Å². The Morgan fingerprint density at radius 3 is 2.33 bits per heavy atom. The highest BCUT2D eigenvalue weighted by atomic mass is 19.1. The Labute approximate surface area is 103 Å². The molecular weight excluding hydrogens is 238 g/mol. The summed E-state index contributed by atoms with van der Waals surface area (Å²) in [5.41, 5.74) is 0.347. The third kappa shape index (κ3) is 2.65. The third-order valence-electron chi connectivity index (χ3n) is 2.48. The van der Waals surface area contributed by atoms with Crippen LogP contribution in [0, 0.1) is 11.6 Å². The van der Waals surface area contributed by atoms with E-state index in [0.29, 0.717) is 11.3 Å². The van der Waals surface area contributed by atoms with E-state index in [2.05, 4.69) is 0 Å². The lowest BCUT2D eigenvalue weighted by Crippen LogP contribution is -1.98. The first-order valence-corrected chi connectivity index (χ1v) is 5.48. The van der Waals surface area contributed by atoms with Crippen molar-refractivity contribution >= 4 is 0 Å². The Kier molecular flexibility index (Phi) is 3.58. The summed E-state index contributed by atoms with van der Waals surface area (Å²) in [5, 5.41) is 9.54. The van der Waals surface area contributed by atoms with Crippen molar-refractivity contribution in [3.63, 3.8) is 0 Å². The van der Waals surface area contributed by atoms with Crippen LogP contribution in [-0.4, -0.2) is 5.11 Å². The Bertz CT molecular complexity index is 536. The summed E-state index contributed by atoms with van der Waals surface area (Å²) < 4.78 is 31.8. The summed E-state index contributed by atoms with van der Waals surface area (Å²) in [5.74, 6) is -0.702. The fourth-order valence-corrected chi connectivity index (χ4v) is 1.58. The molecule has 2 aromatic rings. The first-order chi connectivity index (χ1) is 8.58. The summed E-state index contributed by atoms with van der Waals surface area (Å²) in [6.45, 7) is 1.52. The van der Waals surface area contributed by atoms with E-state index in [1.54, 1.807) is 6.07 Å². The van der Waals surface area contributed by atoms with Crippen molar-refractivity contribution in [2.45, 2.75) is 13.0 Å². The number of hydrogen-bond donors (Lipinski definition) is 1. The van der Waals surface area contributed by atoms with Gasteiger partial charge in [-0.25, -0.2) is 8.78 Å². The van der Waals surface area contributed by atoms with Gasteiger partial charge in [-0.1, -0.05) is 12.1 Å². The van der Waals surface area contributed by atoms with E-state index in [1.807, 2.05) is 0 Å². The number of halogens is 2. The normalized spacial score (nSPS) is 12.2. The van der Waals surface area contributed by atoms with E-state index in [-0.39, 0.29) is 5.75 Å². The lowest BCUT2D eigenvalue weighted by molar-refractivity contribution is 0.194. The lowest BCUT2D eigenvalue weighted by atomic mass is 10.1. The number of para-hydroxylation sites is 1. The van der Waals surface area contributed by atoms with Crippen LogP contribution in [0.2, 0.25) is 0 Å². The van der Waals surface area contributed by atoms with Gasteiger partial charge in [0.1, 0.15) is 11.6 Å². The zero-order valence-electron chi connectivity index (χ0n) is 9.73. The number of ether oxygens (including phenoxy) is 1. The molecule has 0 aliphatic heterocycles. The molecule has 0 radical (unpaired) electrons. The molecule has 18 heavy (non-hydrogen) atoms. The highest BCUT2D eigenvalue weighted by molar-refractivity contribution is 5.40. The summed E-state index contributed by atoms with van der Waals surface area (Å²) in [6, 6.07) is 9.55. The summed E-state index contributed by atoms with van der Waals surface area (Å²) in [4.78, 5) is 0. The maximum Gasteiger partial charge on any atom is 0.168 e. The van der Waals surface area contributed by atoms with Crippen LogP contribution in [0.1, 0.15) is 18.6 Å². The Morgan fingerprint density at radius 2 is 1.72 bits per heavy atom. The lowest BCUT2D eigenvalue weighted by Gasteiger charge is -2.13.